The summed E-state index contributed by atoms with van der Waals surface area (Å²) in [7, 11) is 3.81. The van der Waals surface area contributed by atoms with Crippen molar-refractivity contribution in [1.82, 2.24) is 20.3 Å². The second-order valence-corrected chi connectivity index (χ2v) is 7.11. The molecule has 28 heavy (non-hydrogen) atoms. The van der Waals surface area contributed by atoms with E-state index in [1.807, 2.05) is 43.3 Å². The van der Waals surface area contributed by atoms with Crippen LogP contribution in [0.15, 0.2) is 24.3 Å². The number of benzene rings is 1. The van der Waals surface area contributed by atoms with Gasteiger partial charge in [0.25, 0.3) is 0 Å². The standard InChI is InChI=1S/C20H29N7O/c1-4-15-10-6-7-11-16(15)22-20(28)21-14-17-23-18(26(2)3)25-19(24-17)27-12-8-5-9-13-27/h6-7,10-11H,4-5,8-9,12-14H2,1-3H3,(H2,21,22,28). The van der Waals surface area contributed by atoms with E-state index in [0.29, 0.717) is 17.7 Å². The van der Waals surface area contributed by atoms with Crippen molar-refractivity contribution in [1.29, 1.82) is 0 Å². The molecule has 2 heterocycles. The highest BCUT2D eigenvalue weighted by molar-refractivity contribution is 5.90. The fraction of sp³-hybridized carbons (Fsp3) is 0.500. The SMILES string of the molecule is CCc1ccccc1NC(=O)NCc1nc(N(C)C)nc(N2CCCCC2)n1. The molecule has 0 unspecified atom stereocenters. The minimum absolute atomic E-state index is 0.240. The van der Waals surface area contributed by atoms with Crippen molar-refractivity contribution in [3.05, 3.63) is 35.7 Å². The first-order valence-electron chi connectivity index (χ1n) is 9.86. The number of carbonyl (C=O) groups is 1. The van der Waals surface area contributed by atoms with Crippen LogP contribution in [-0.4, -0.2) is 48.2 Å². The molecule has 150 valence electrons. The maximum atomic E-state index is 12.3. The Morgan fingerprint density at radius 2 is 1.86 bits per heavy atom. The number of rotatable bonds is 6. The topological polar surface area (TPSA) is 86.3 Å². The summed E-state index contributed by atoms with van der Waals surface area (Å²) in [5.41, 5.74) is 1.92. The van der Waals surface area contributed by atoms with Crippen LogP contribution in [0.25, 0.3) is 0 Å². The zero-order valence-electron chi connectivity index (χ0n) is 16.9. The molecule has 1 saturated heterocycles. The third-order valence-electron chi connectivity index (χ3n) is 4.75. The lowest BCUT2D eigenvalue weighted by Gasteiger charge is -2.27. The van der Waals surface area contributed by atoms with E-state index in [-0.39, 0.29) is 12.6 Å². The summed E-state index contributed by atoms with van der Waals surface area (Å²) in [6.07, 6.45) is 4.40. The zero-order valence-corrected chi connectivity index (χ0v) is 16.9. The molecule has 8 heteroatoms. The van der Waals surface area contributed by atoms with E-state index in [1.165, 1.54) is 6.42 Å². The van der Waals surface area contributed by atoms with Gasteiger partial charge >= 0.3 is 6.03 Å². The average Bonchev–Trinajstić information content (AvgIpc) is 2.73. The third kappa shape index (κ3) is 5.09. The van der Waals surface area contributed by atoms with Crippen molar-refractivity contribution in [2.75, 3.05) is 42.3 Å². The first-order valence-corrected chi connectivity index (χ1v) is 9.86. The first-order chi connectivity index (χ1) is 13.6. The highest BCUT2D eigenvalue weighted by Crippen LogP contribution is 2.18. The van der Waals surface area contributed by atoms with Gasteiger partial charge in [-0.1, -0.05) is 25.1 Å². The molecule has 0 saturated carbocycles. The molecule has 8 nitrogen and oxygen atoms in total. The molecule has 1 fully saturated rings. The summed E-state index contributed by atoms with van der Waals surface area (Å²) in [6, 6.07) is 7.52. The fourth-order valence-electron chi connectivity index (χ4n) is 3.19. The van der Waals surface area contributed by atoms with Gasteiger partial charge in [-0.2, -0.15) is 15.0 Å². The van der Waals surface area contributed by atoms with E-state index >= 15 is 0 Å². The maximum absolute atomic E-state index is 12.3. The second-order valence-electron chi connectivity index (χ2n) is 7.11. The number of anilines is 3. The molecular formula is C20H29N7O. The highest BCUT2D eigenvalue weighted by Gasteiger charge is 2.17. The Kier molecular flexibility index (Phi) is 6.62. The Bertz CT molecular complexity index is 803. The van der Waals surface area contributed by atoms with Crippen molar-refractivity contribution in [2.24, 2.45) is 0 Å². The first kappa shape index (κ1) is 19.9. The molecule has 0 atom stereocenters. The summed E-state index contributed by atoms with van der Waals surface area (Å²) < 4.78 is 0. The minimum Gasteiger partial charge on any atom is -0.347 e. The number of urea groups is 1. The number of amides is 2. The summed E-state index contributed by atoms with van der Waals surface area (Å²) in [6.45, 7) is 4.22. The summed E-state index contributed by atoms with van der Waals surface area (Å²) in [5.74, 6) is 1.84. The third-order valence-corrected chi connectivity index (χ3v) is 4.75. The van der Waals surface area contributed by atoms with Crippen LogP contribution in [0.5, 0.6) is 0 Å². The molecule has 1 aromatic carbocycles. The van der Waals surface area contributed by atoms with Gasteiger partial charge in [0, 0.05) is 32.9 Å². The molecule has 2 amide bonds. The van der Waals surface area contributed by atoms with E-state index in [2.05, 4.69) is 37.4 Å². The molecule has 0 radical (unpaired) electrons. The Labute approximate surface area is 166 Å². The van der Waals surface area contributed by atoms with Crippen LogP contribution in [0, 0.1) is 0 Å². The number of nitrogens with zero attached hydrogens (tertiary/aromatic N) is 5. The molecule has 1 aliphatic rings. The number of piperidine rings is 1. The number of hydrogen-bond acceptors (Lipinski definition) is 6. The van der Waals surface area contributed by atoms with Crippen LogP contribution in [0.2, 0.25) is 0 Å². The molecule has 2 aromatic rings. The normalized spacial score (nSPS) is 13.9. The van der Waals surface area contributed by atoms with Gasteiger partial charge in [0.15, 0.2) is 5.82 Å². The predicted octanol–water partition coefficient (Wildman–Crippen LogP) is 2.81. The van der Waals surface area contributed by atoms with E-state index in [1.54, 1.807) is 0 Å². The maximum Gasteiger partial charge on any atom is 0.319 e. The Balaban J connectivity index is 1.68. The van der Waals surface area contributed by atoms with Crippen molar-refractivity contribution in [3.63, 3.8) is 0 Å². The smallest absolute Gasteiger partial charge is 0.319 e. The van der Waals surface area contributed by atoms with E-state index < -0.39 is 0 Å². The van der Waals surface area contributed by atoms with Gasteiger partial charge in [-0.15, -0.1) is 0 Å². The molecule has 0 spiro atoms. The van der Waals surface area contributed by atoms with Gasteiger partial charge in [-0.3, -0.25) is 0 Å². The lowest BCUT2D eigenvalue weighted by molar-refractivity contribution is 0.251. The van der Waals surface area contributed by atoms with Gasteiger partial charge in [0.2, 0.25) is 11.9 Å². The van der Waals surface area contributed by atoms with Crippen molar-refractivity contribution in [2.45, 2.75) is 39.2 Å². The van der Waals surface area contributed by atoms with Crippen molar-refractivity contribution in [3.8, 4) is 0 Å². The summed E-state index contributed by atoms with van der Waals surface area (Å²) >= 11 is 0. The quantitative estimate of drug-likeness (QED) is 0.798. The largest absolute Gasteiger partial charge is 0.347 e. The molecule has 1 aromatic heterocycles. The highest BCUT2D eigenvalue weighted by atomic mass is 16.2. The monoisotopic (exact) mass is 383 g/mol. The zero-order chi connectivity index (χ0) is 19.9. The van der Waals surface area contributed by atoms with Crippen molar-refractivity contribution < 1.29 is 4.79 Å². The van der Waals surface area contributed by atoms with E-state index in [9.17, 15) is 4.79 Å². The lowest BCUT2D eigenvalue weighted by atomic mass is 10.1. The molecule has 2 N–H and O–H groups in total. The summed E-state index contributed by atoms with van der Waals surface area (Å²) in [4.78, 5) is 30.0. The van der Waals surface area contributed by atoms with Crippen LogP contribution in [0.3, 0.4) is 0 Å². The number of aryl methyl sites for hydroxylation is 1. The van der Waals surface area contributed by atoms with Crippen LogP contribution >= 0.6 is 0 Å². The number of nitrogens with one attached hydrogen (secondary N) is 2. The molecule has 0 aliphatic carbocycles. The number of hydrogen-bond donors (Lipinski definition) is 2. The van der Waals surface area contributed by atoms with E-state index in [0.717, 1.165) is 43.6 Å². The van der Waals surface area contributed by atoms with Crippen LogP contribution < -0.4 is 20.4 Å². The average molecular weight is 384 g/mol. The lowest BCUT2D eigenvalue weighted by Crippen LogP contribution is -2.33. The number of para-hydroxylation sites is 1. The predicted molar refractivity (Wildman–Crippen MR) is 112 cm³/mol. The Hall–Kier alpha value is -2.90. The van der Waals surface area contributed by atoms with Gasteiger partial charge in [-0.05, 0) is 37.3 Å². The summed E-state index contributed by atoms with van der Waals surface area (Å²) in [5, 5.41) is 5.76. The Morgan fingerprint density at radius 3 is 2.57 bits per heavy atom. The van der Waals surface area contributed by atoms with Gasteiger partial charge in [0.05, 0.1) is 6.54 Å². The second kappa shape index (κ2) is 9.34. The Morgan fingerprint density at radius 1 is 1.11 bits per heavy atom. The minimum atomic E-state index is -0.271. The number of carbonyl (C=O) groups excluding carboxylic acids is 1. The number of aromatic nitrogens is 3. The van der Waals surface area contributed by atoms with Crippen LogP contribution in [-0.2, 0) is 13.0 Å². The van der Waals surface area contributed by atoms with Crippen LogP contribution in [0.4, 0.5) is 22.4 Å². The molecular weight excluding hydrogens is 354 g/mol. The molecule has 3 rings (SSSR count). The van der Waals surface area contributed by atoms with Gasteiger partial charge in [-0.25, -0.2) is 4.79 Å². The molecule has 1 aliphatic heterocycles. The van der Waals surface area contributed by atoms with Gasteiger partial charge in [0.1, 0.15) is 0 Å². The van der Waals surface area contributed by atoms with Crippen LogP contribution in [0.1, 0.15) is 37.6 Å². The van der Waals surface area contributed by atoms with Gasteiger partial charge < -0.3 is 20.4 Å². The fourth-order valence-corrected chi connectivity index (χ4v) is 3.19. The molecule has 0 bridgehead atoms. The van der Waals surface area contributed by atoms with E-state index in [4.69, 9.17) is 0 Å². The van der Waals surface area contributed by atoms with Crippen molar-refractivity contribution >= 4 is 23.6 Å².